The van der Waals surface area contributed by atoms with Crippen molar-refractivity contribution in [3.05, 3.63) is 47.9 Å². The van der Waals surface area contributed by atoms with E-state index in [4.69, 9.17) is 5.11 Å². The molecular formula is C17H14F2N6O3. The van der Waals surface area contributed by atoms with Crippen LogP contribution in [0.5, 0.6) is 0 Å². The smallest absolute Gasteiger partial charge is 0.325 e. The number of amides is 1. The lowest BCUT2D eigenvalue weighted by molar-refractivity contribution is -0.137. The number of carbonyl (C=O) groups is 2. The Morgan fingerprint density at radius 2 is 2.07 bits per heavy atom. The number of aliphatic carboxylic acids is 1. The molecule has 0 radical (unpaired) electrons. The second-order valence-corrected chi connectivity index (χ2v) is 6.08. The molecule has 0 spiro atoms. The van der Waals surface area contributed by atoms with Crippen molar-refractivity contribution >= 4 is 23.4 Å². The molecule has 28 heavy (non-hydrogen) atoms. The van der Waals surface area contributed by atoms with E-state index in [9.17, 15) is 18.4 Å². The first-order valence-electron chi connectivity index (χ1n) is 8.28. The van der Waals surface area contributed by atoms with E-state index >= 15 is 0 Å². The number of carboxylic acid groups (broad SMARTS) is 1. The van der Waals surface area contributed by atoms with Crippen LogP contribution in [0.4, 0.5) is 20.3 Å². The molecule has 9 nitrogen and oxygen atoms in total. The Labute approximate surface area is 156 Å². The summed E-state index contributed by atoms with van der Waals surface area (Å²) in [5.74, 6) is -3.02. The van der Waals surface area contributed by atoms with Gasteiger partial charge in [-0.3, -0.25) is 14.3 Å². The van der Waals surface area contributed by atoms with E-state index < -0.39 is 23.5 Å². The molecule has 2 aromatic heterocycles. The van der Waals surface area contributed by atoms with Crippen molar-refractivity contribution in [2.24, 2.45) is 0 Å². The van der Waals surface area contributed by atoms with Crippen LogP contribution < -0.4 is 10.6 Å². The van der Waals surface area contributed by atoms with Crippen LogP contribution in [-0.2, 0) is 17.9 Å². The fraction of sp³-hybridized carbons (Fsp3) is 0.176. The van der Waals surface area contributed by atoms with E-state index in [2.05, 4.69) is 20.7 Å². The molecule has 1 amide bonds. The molecule has 1 aliphatic heterocycles. The number of carbonyl (C=O) groups excluding carboxylic acids is 1. The van der Waals surface area contributed by atoms with Gasteiger partial charge in [0.2, 0.25) is 0 Å². The van der Waals surface area contributed by atoms with E-state index in [1.54, 1.807) is 0 Å². The molecule has 3 N–H and O–H groups in total. The summed E-state index contributed by atoms with van der Waals surface area (Å²) >= 11 is 0. The van der Waals surface area contributed by atoms with Crippen LogP contribution >= 0.6 is 0 Å². The summed E-state index contributed by atoms with van der Waals surface area (Å²) in [6.07, 6.45) is 2.78. The average Bonchev–Trinajstić information content (AvgIpc) is 3.20. The van der Waals surface area contributed by atoms with Crippen LogP contribution in [0.1, 0.15) is 10.5 Å². The summed E-state index contributed by atoms with van der Waals surface area (Å²) in [6, 6.07) is 3.48. The van der Waals surface area contributed by atoms with Crippen molar-refractivity contribution in [2.75, 3.05) is 11.9 Å². The molecule has 3 heterocycles. The van der Waals surface area contributed by atoms with Crippen molar-refractivity contribution in [3.8, 4) is 11.4 Å². The van der Waals surface area contributed by atoms with Gasteiger partial charge >= 0.3 is 5.97 Å². The molecule has 144 valence electrons. The first kappa shape index (κ1) is 17.6. The molecule has 3 aromatic rings. The van der Waals surface area contributed by atoms with Gasteiger partial charge in [0, 0.05) is 19.3 Å². The summed E-state index contributed by atoms with van der Waals surface area (Å²) in [4.78, 5) is 27.4. The number of nitrogens with one attached hydrogen (secondary N) is 2. The third-order valence-corrected chi connectivity index (χ3v) is 4.18. The van der Waals surface area contributed by atoms with Crippen LogP contribution in [-0.4, -0.2) is 42.9 Å². The summed E-state index contributed by atoms with van der Waals surface area (Å²) < 4.78 is 31.2. The molecule has 11 heteroatoms. The maximum atomic E-state index is 14.3. The van der Waals surface area contributed by atoms with E-state index in [-0.39, 0.29) is 36.0 Å². The molecule has 0 atom stereocenters. The van der Waals surface area contributed by atoms with Crippen LogP contribution in [0.2, 0.25) is 0 Å². The van der Waals surface area contributed by atoms with Gasteiger partial charge in [-0.1, -0.05) is 6.07 Å². The minimum absolute atomic E-state index is 0.0131. The number of rotatable bonds is 5. The van der Waals surface area contributed by atoms with Gasteiger partial charge in [-0.15, -0.1) is 0 Å². The Morgan fingerprint density at radius 1 is 1.32 bits per heavy atom. The maximum absolute atomic E-state index is 14.3. The normalized spacial score (nSPS) is 13.1. The number of hydrogen-bond acceptors (Lipinski definition) is 5. The number of imidazole rings is 1. The molecule has 4 rings (SSSR count). The van der Waals surface area contributed by atoms with Gasteiger partial charge in [0.1, 0.15) is 24.0 Å². The minimum Gasteiger partial charge on any atom is -0.480 e. The highest BCUT2D eigenvalue weighted by Crippen LogP contribution is 2.32. The molecule has 0 bridgehead atoms. The fourth-order valence-corrected chi connectivity index (χ4v) is 3.05. The maximum Gasteiger partial charge on any atom is 0.325 e. The zero-order valence-corrected chi connectivity index (χ0v) is 14.3. The predicted octanol–water partition coefficient (Wildman–Crippen LogP) is 1.60. The predicted molar refractivity (Wildman–Crippen MR) is 93.1 cm³/mol. The Bertz CT molecular complexity index is 1070. The Morgan fingerprint density at radius 3 is 2.79 bits per heavy atom. The van der Waals surface area contributed by atoms with Crippen LogP contribution in [0.3, 0.4) is 0 Å². The lowest BCUT2D eigenvalue weighted by Gasteiger charge is -2.18. The number of hydrogen-bond donors (Lipinski definition) is 3. The number of fused-ring (bicyclic) bond motifs is 1. The summed E-state index contributed by atoms with van der Waals surface area (Å²) in [5.41, 5.74) is 0.170. The summed E-state index contributed by atoms with van der Waals surface area (Å²) in [5, 5.41) is 18.2. The molecule has 0 fully saturated rings. The Kier molecular flexibility index (Phi) is 4.26. The minimum atomic E-state index is -1.06. The third-order valence-electron chi connectivity index (χ3n) is 4.18. The second kappa shape index (κ2) is 6.76. The lowest BCUT2D eigenvalue weighted by atomic mass is 10.2. The molecule has 0 unspecified atom stereocenters. The zero-order valence-electron chi connectivity index (χ0n) is 14.3. The molecule has 0 saturated carbocycles. The number of aromatic nitrogens is 4. The monoisotopic (exact) mass is 388 g/mol. The Balaban J connectivity index is 1.78. The highest BCUT2D eigenvalue weighted by molar-refractivity contribution is 5.99. The van der Waals surface area contributed by atoms with Gasteiger partial charge in [-0.25, -0.2) is 13.8 Å². The van der Waals surface area contributed by atoms with Gasteiger partial charge in [0.25, 0.3) is 5.91 Å². The summed E-state index contributed by atoms with van der Waals surface area (Å²) in [6.45, 7) is 0.244. The number of benzene rings is 1. The van der Waals surface area contributed by atoms with Crippen LogP contribution in [0, 0.1) is 11.6 Å². The van der Waals surface area contributed by atoms with Crippen molar-refractivity contribution in [2.45, 2.75) is 13.1 Å². The Hall–Kier alpha value is -3.76. The number of halogens is 2. The van der Waals surface area contributed by atoms with Gasteiger partial charge in [0.05, 0.1) is 17.4 Å². The summed E-state index contributed by atoms with van der Waals surface area (Å²) in [7, 11) is 0. The van der Waals surface area contributed by atoms with Crippen LogP contribution in [0.15, 0.2) is 30.6 Å². The highest BCUT2D eigenvalue weighted by Gasteiger charge is 2.29. The molecule has 1 aliphatic rings. The van der Waals surface area contributed by atoms with Crippen molar-refractivity contribution < 1.29 is 23.5 Å². The van der Waals surface area contributed by atoms with E-state index in [1.807, 2.05) is 0 Å². The van der Waals surface area contributed by atoms with Crippen molar-refractivity contribution in [1.82, 2.24) is 24.6 Å². The number of nitrogens with zero attached hydrogens (tertiary/aromatic N) is 4. The van der Waals surface area contributed by atoms with E-state index in [1.165, 1.54) is 27.7 Å². The lowest BCUT2D eigenvalue weighted by Crippen LogP contribution is -2.35. The largest absolute Gasteiger partial charge is 0.480 e. The second-order valence-electron chi connectivity index (χ2n) is 6.08. The number of anilines is 2. The SMILES string of the molecule is O=C(O)Cn1cc(Nc2nc(-c3c(F)cccc3F)n3c2C(=O)NCC3)cn1. The molecular weight excluding hydrogens is 374 g/mol. The van der Waals surface area contributed by atoms with Crippen molar-refractivity contribution in [3.63, 3.8) is 0 Å². The number of carboxylic acids is 1. The highest BCUT2D eigenvalue weighted by atomic mass is 19.1. The topological polar surface area (TPSA) is 114 Å². The molecule has 0 aliphatic carbocycles. The zero-order chi connectivity index (χ0) is 19.8. The van der Waals surface area contributed by atoms with Gasteiger partial charge in [-0.2, -0.15) is 5.10 Å². The first-order valence-corrected chi connectivity index (χ1v) is 8.28. The van der Waals surface area contributed by atoms with Crippen LogP contribution in [0.25, 0.3) is 11.4 Å². The average molecular weight is 388 g/mol. The van der Waals surface area contributed by atoms with Gasteiger partial charge in [0.15, 0.2) is 11.5 Å². The van der Waals surface area contributed by atoms with Gasteiger partial charge < -0.3 is 20.3 Å². The van der Waals surface area contributed by atoms with Crippen molar-refractivity contribution in [1.29, 1.82) is 0 Å². The molecule has 1 aromatic carbocycles. The standard InChI is InChI=1S/C17H14F2N6O3/c18-10-2-1-3-11(19)13(10)16-23-15(14-17(28)20-4-5-25(14)16)22-9-6-21-24(7-9)8-12(26)27/h1-3,6-7,22H,4-5,8H2,(H,20,28)(H,26,27). The third kappa shape index (κ3) is 3.06. The molecule has 0 saturated heterocycles. The van der Waals surface area contributed by atoms with E-state index in [0.29, 0.717) is 12.2 Å². The fourth-order valence-electron chi connectivity index (χ4n) is 3.05. The quantitative estimate of drug-likeness (QED) is 0.612. The first-order chi connectivity index (χ1) is 13.4. The van der Waals surface area contributed by atoms with E-state index in [0.717, 1.165) is 12.1 Å². The van der Waals surface area contributed by atoms with Gasteiger partial charge in [-0.05, 0) is 12.1 Å².